The number of amides is 1. The summed E-state index contributed by atoms with van der Waals surface area (Å²) in [5.41, 5.74) is 0. The first-order chi connectivity index (χ1) is 10.2. The number of piperidine rings is 1. The molecule has 3 rings (SSSR count). The molecular weight excluding hydrogens is 270 g/mol. The Labute approximate surface area is 124 Å². The van der Waals surface area contributed by atoms with E-state index in [0.717, 1.165) is 32.5 Å². The smallest absolute Gasteiger partial charge is 0.322 e. The lowest BCUT2D eigenvalue weighted by molar-refractivity contribution is -0.117. The zero-order valence-corrected chi connectivity index (χ0v) is 12.5. The van der Waals surface area contributed by atoms with Crippen LogP contribution in [0.5, 0.6) is 0 Å². The standard InChI is InChI=1S/C14H23N5O2/c1-19(8-10-3-2-6-15-7-10)9-12(20)16-14-18-17-13(21-14)11-4-5-11/h10-11,15H,2-9H2,1H3,(H,16,18,20). The number of anilines is 1. The second-order valence-electron chi connectivity index (χ2n) is 6.18. The van der Waals surface area contributed by atoms with E-state index < -0.39 is 0 Å². The zero-order chi connectivity index (χ0) is 14.7. The average molecular weight is 293 g/mol. The highest BCUT2D eigenvalue weighted by Crippen LogP contribution is 2.39. The van der Waals surface area contributed by atoms with Crippen molar-refractivity contribution >= 4 is 11.9 Å². The lowest BCUT2D eigenvalue weighted by Gasteiger charge is -2.27. The summed E-state index contributed by atoms with van der Waals surface area (Å²) < 4.78 is 5.43. The van der Waals surface area contributed by atoms with Gasteiger partial charge >= 0.3 is 6.01 Å². The summed E-state index contributed by atoms with van der Waals surface area (Å²) in [7, 11) is 1.97. The molecule has 1 atom stereocenters. The van der Waals surface area contributed by atoms with Gasteiger partial charge in [-0.3, -0.25) is 15.0 Å². The van der Waals surface area contributed by atoms with Crippen molar-refractivity contribution in [2.75, 3.05) is 38.5 Å². The summed E-state index contributed by atoms with van der Waals surface area (Å²) in [5.74, 6) is 1.57. The number of carbonyl (C=O) groups is 1. The minimum atomic E-state index is -0.104. The van der Waals surface area contributed by atoms with E-state index in [0.29, 0.717) is 24.3 Å². The van der Waals surface area contributed by atoms with Gasteiger partial charge in [-0.25, -0.2) is 0 Å². The Morgan fingerprint density at radius 3 is 3.00 bits per heavy atom. The Morgan fingerprint density at radius 1 is 1.43 bits per heavy atom. The minimum Gasteiger partial charge on any atom is -0.408 e. The van der Waals surface area contributed by atoms with E-state index in [4.69, 9.17) is 4.42 Å². The number of carbonyl (C=O) groups excluding carboxylic acids is 1. The number of rotatable bonds is 6. The van der Waals surface area contributed by atoms with Gasteiger partial charge in [0.2, 0.25) is 11.8 Å². The molecule has 0 aromatic carbocycles. The van der Waals surface area contributed by atoms with E-state index in [1.807, 2.05) is 11.9 Å². The first-order valence-electron chi connectivity index (χ1n) is 7.73. The van der Waals surface area contributed by atoms with Crippen molar-refractivity contribution in [1.29, 1.82) is 0 Å². The highest BCUT2D eigenvalue weighted by molar-refractivity contribution is 5.90. The van der Waals surface area contributed by atoms with Crippen LogP contribution in [0.3, 0.4) is 0 Å². The molecule has 1 amide bonds. The van der Waals surface area contributed by atoms with Crippen LogP contribution in [0.15, 0.2) is 4.42 Å². The first kappa shape index (κ1) is 14.5. The molecule has 2 N–H and O–H groups in total. The summed E-state index contributed by atoms with van der Waals surface area (Å²) >= 11 is 0. The maximum atomic E-state index is 12.0. The normalized spacial score (nSPS) is 22.5. The monoisotopic (exact) mass is 293 g/mol. The SMILES string of the molecule is CN(CC(=O)Nc1nnc(C2CC2)o1)CC1CCCNC1. The quantitative estimate of drug-likeness (QED) is 0.808. The third kappa shape index (κ3) is 4.25. The molecule has 0 spiro atoms. The molecule has 1 aliphatic heterocycles. The predicted molar refractivity (Wildman–Crippen MR) is 78.0 cm³/mol. The Kier molecular flexibility index (Phi) is 4.50. The number of hydrogen-bond donors (Lipinski definition) is 2. The lowest BCUT2D eigenvalue weighted by atomic mass is 9.99. The topological polar surface area (TPSA) is 83.3 Å². The summed E-state index contributed by atoms with van der Waals surface area (Å²) in [6, 6.07) is 0.217. The van der Waals surface area contributed by atoms with Crippen LogP contribution in [0.4, 0.5) is 6.01 Å². The highest BCUT2D eigenvalue weighted by Gasteiger charge is 2.29. The summed E-state index contributed by atoms with van der Waals surface area (Å²) in [5, 5.41) is 13.9. The van der Waals surface area contributed by atoms with Gasteiger partial charge in [-0.05, 0) is 51.7 Å². The molecule has 1 aromatic rings. The van der Waals surface area contributed by atoms with E-state index >= 15 is 0 Å². The van der Waals surface area contributed by atoms with Crippen molar-refractivity contribution in [2.24, 2.45) is 5.92 Å². The molecule has 0 bridgehead atoms. The third-order valence-electron chi connectivity index (χ3n) is 4.00. The maximum Gasteiger partial charge on any atom is 0.322 e. The number of nitrogens with one attached hydrogen (secondary N) is 2. The van der Waals surface area contributed by atoms with Gasteiger partial charge in [0.05, 0.1) is 6.54 Å². The van der Waals surface area contributed by atoms with Gasteiger partial charge in [-0.2, -0.15) is 0 Å². The fourth-order valence-electron chi connectivity index (χ4n) is 2.77. The van der Waals surface area contributed by atoms with Crippen molar-refractivity contribution in [2.45, 2.75) is 31.6 Å². The van der Waals surface area contributed by atoms with Gasteiger partial charge in [0.1, 0.15) is 0 Å². The maximum absolute atomic E-state index is 12.0. The van der Waals surface area contributed by atoms with E-state index in [1.54, 1.807) is 0 Å². The molecule has 1 aliphatic carbocycles. The summed E-state index contributed by atoms with van der Waals surface area (Å²) in [6.07, 6.45) is 4.66. The van der Waals surface area contributed by atoms with Crippen molar-refractivity contribution in [3.05, 3.63) is 5.89 Å². The van der Waals surface area contributed by atoms with Crippen molar-refractivity contribution in [1.82, 2.24) is 20.4 Å². The molecule has 1 unspecified atom stereocenters. The Hall–Kier alpha value is -1.47. The zero-order valence-electron chi connectivity index (χ0n) is 12.5. The first-order valence-corrected chi connectivity index (χ1v) is 7.73. The van der Waals surface area contributed by atoms with E-state index in [-0.39, 0.29) is 11.9 Å². The summed E-state index contributed by atoms with van der Waals surface area (Å²) in [4.78, 5) is 14.0. The molecule has 0 radical (unpaired) electrons. The molecule has 7 heteroatoms. The number of aromatic nitrogens is 2. The van der Waals surface area contributed by atoms with Crippen molar-refractivity contribution < 1.29 is 9.21 Å². The fraction of sp³-hybridized carbons (Fsp3) is 0.786. The van der Waals surface area contributed by atoms with Crippen molar-refractivity contribution in [3.63, 3.8) is 0 Å². The van der Waals surface area contributed by atoms with E-state index in [1.165, 1.54) is 12.8 Å². The average Bonchev–Trinajstić information content (AvgIpc) is 3.20. The fourth-order valence-corrected chi connectivity index (χ4v) is 2.77. The Bertz CT molecular complexity index is 479. The van der Waals surface area contributed by atoms with E-state index in [9.17, 15) is 4.79 Å². The van der Waals surface area contributed by atoms with Crippen LogP contribution in [0.1, 0.15) is 37.5 Å². The second kappa shape index (κ2) is 6.53. The largest absolute Gasteiger partial charge is 0.408 e. The molecule has 1 aromatic heterocycles. The molecule has 1 saturated heterocycles. The van der Waals surface area contributed by atoms with Crippen LogP contribution < -0.4 is 10.6 Å². The molecule has 2 heterocycles. The van der Waals surface area contributed by atoms with Gasteiger partial charge in [-0.1, -0.05) is 5.10 Å². The highest BCUT2D eigenvalue weighted by atomic mass is 16.4. The number of hydrogen-bond acceptors (Lipinski definition) is 6. The molecule has 2 aliphatic rings. The molecule has 7 nitrogen and oxygen atoms in total. The summed E-state index contributed by atoms with van der Waals surface area (Å²) in [6.45, 7) is 3.43. The van der Waals surface area contributed by atoms with Gasteiger partial charge < -0.3 is 9.73 Å². The Morgan fingerprint density at radius 2 is 2.29 bits per heavy atom. The van der Waals surface area contributed by atoms with Gasteiger partial charge in [-0.15, -0.1) is 5.10 Å². The van der Waals surface area contributed by atoms with Gasteiger partial charge in [0, 0.05) is 12.5 Å². The molecule has 21 heavy (non-hydrogen) atoms. The molecule has 1 saturated carbocycles. The second-order valence-corrected chi connectivity index (χ2v) is 6.18. The van der Waals surface area contributed by atoms with E-state index in [2.05, 4.69) is 20.8 Å². The number of likely N-dealkylation sites (N-methyl/N-ethyl adjacent to an activating group) is 1. The van der Waals surface area contributed by atoms with Crippen LogP contribution in [0, 0.1) is 5.92 Å². The van der Waals surface area contributed by atoms with Crippen LogP contribution >= 0.6 is 0 Å². The van der Waals surface area contributed by atoms with Crippen molar-refractivity contribution in [3.8, 4) is 0 Å². The lowest BCUT2D eigenvalue weighted by Crippen LogP contribution is -2.39. The molecule has 2 fully saturated rings. The van der Waals surface area contributed by atoms with Gasteiger partial charge in [0.25, 0.3) is 0 Å². The predicted octanol–water partition coefficient (Wildman–Crippen LogP) is 0.817. The van der Waals surface area contributed by atoms with Gasteiger partial charge in [0.15, 0.2) is 0 Å². The molecular formula is C14H23N5O2. The van der Waals surface area contributed by atoms with Crippen LogP contribution in [0.25, 0.3) is 0 Å². The van der Waals surface area contributed by atoms with Crippen LogP contribution in [0.2, 0.25) is 0 Å². The Balaban J connectivity index is 1.41. The third-order valence-corrected chi connectivity index (χ3v) is 4.00. The minimum absolute atomic E-state index is 0.104. The van der Waals surface area contributed by atoms with Crippen LogP contribution in [-0.2, 0) is 4.79 Å². The number of nitrogens with zero attached hydrogens (tertiary/aromatic N) is 3. The molecule has 116 valence electrons. The van der Waals surface area contributed by atoms with Crippen LogP contribution in [-0.4, -0.2) is 54.2 Å².